The van der Waals surface area contributed by atoms with Crippen LogP contribution in [0.4, 0.5) is 0 Å². The Kier molecular flexibility index (Phi) is 11.0. The molecule has 25 heavy (non-hydrogen) atoms. The zero-order valence-corrected chi connectivity index (χ0v) is 17.4. The summed E-state index contributed by atoms with van der Waals surface area (Å²) in [6.07, 6.45) is 5.16. The maximum atomic E-state index is 5.67. The van der Waals surface area contributed by atoms with E-state index in [0.717, 1.165) is 38.6 Å². The van der Waals surface area contributed by atoms with Crippen LogP contribution in [-0.2, 0) is 24.4 Å². The Labute approximate surface area is 167 Å². The molecule has 1 heterocycles. The summed E-state index contributed by atoms with van der Waals surface area (Å²) in [5, 5.41) is 6.71. The van der Waals surface area contributed by atoms with Crippen molar-refractivity contribution in [1.82, 2.24) is 15.2 Å². The molecule has 1 aromatic carbocycles. The molecule has 0 saturated heterocycles. The summed E-state index contributed by atoms with van der Waals surface area (Å²) in [6.45, 7) is 6.05. The first-order valence-corrected chi connectivity index (χ1v) is 8.53. The van der Waals surface area contributed by atoms with E-state index in [1.807, 2.05) is 12.1 Å². The molecule has 0 aliphatic carbocycles. The van der Waals surface area contributed by atoms with Gasteiger partial charge in [-0.15, -0.1) is 24.0 Å². The van der Waals surface area contributed by atoms with Gasteiger partial charge in [0.05, 0.1) is 6.61 Å². The number of benzene rings is 1. The van der Waals surface area contributed by atoms with Gasteiger partial charge in [0.2, 0.25) is 0 Å². The quantitative estimate of drug-likeness (QED) is 0.263. The third-order valence-electron chi connectivity index (χ3n) is 3.72. The fourth-order valence-corrected chi connectivity index (χ4v) is 2.42. The number of aromatic nitrogens is 1. The zero-order chi connectivity index (χ0) is 17.0. The standard InChI is InChI=1S/C19H28N4O.HI/c1-3-14-24-16-18-9-5-4-8-17(18)15-22-19(20-2)21-10-13-23-11-6-7-12-23;/h4-9,11-12H,3,10,13-16H2,1-2H3,(H2,20,21,22);1H. The van der Waals surface area contributed by atoms with Crippen molar-refractivity contribution < 1.29 is 4.74 Å². The Morgan fingerprint density at radius 3 is 2.48 bits per heavy atom. The number of nitrogens with one attached hydrogen (secondary N) is 2. The summed E-state index contributed by atoms with van der Waals surface area (Å²) in [6, 6.07) is 12.4. The maximum Gasteiger partial charge on any atom is 0.191 e. The van der Waals surface area contributed by atoms with Crippen LogP contribution in [0, 0.1) is 0 Å². The van der Waals surface area contributed by atoms with Crippen LogP contribution in [0.5, 0.6) is 0 Å². The van der Waals surface area contributed by atoms with E-state index in [2.05, 4.69) is 63.8 Å². The van der Waals surface area contributed by atoms with Crippen molar-refractivity contribution >= 4 is 29.9 Å². The Morgan fingerprint density at radius 1 is 1.08 bits per heavy atom. The van der Waals surface area contributed by atoms with E-state index in [1.54, 1.807) is 7.05 Å². The van der Waals surface area contributed by atoms with Crippen LogP contribution in [0.15, 0.2) is 53.8 Å². The van der Waals surface area contributed by atoms with Gasteiger partial charge < -0.3 is 19.9 Å². The molecule has 1 aromatic heterocycles. The van der Waals surface area contributed by atoms with Gasteiger partial charge in [0.25, 0.3) is 0 Å². The average molecular weight is 456 g/mol. The molecule has 2 rings (SSSR count). The van der Waals surface area contributed by atoms with Gasteiger partial charge in [0.15, 0.2) is 5.96 Å². The lowest BCUT2D eigenvalue weighted by Gasteiger charge is -2.14. The predicted octanol–water partition coefficient (Wildman–Crippen LogP) is 3.40. The van der Waals surface area contributed by atoms with Gasteiger partial charge in [0.1, 0.15) is 0 Å². The van der Waals surface area contributed by atoms with Crippen molar-refractivity contribution in [2.24, 2.45) is 4.99 Å². The minimum absolute atomic E-state index is 0. The minimum Gasteiger partial charge on any atom is -0.377 e. The lowest BCUT2D eigenvalue weighted by atomic mass is 10.1. The van der Waals surface area contributed by atoms with E-state index >= 15 is 0 Å². The van der Waals surface area contributed by atoms with Crippen molar-refractivity contribution in [1.29, 1.82) is 0 Å². The Morgan fingerprint density at radius 2 is 1.80 bits per heavy atom. The zero-order valence-electron chi connectivity index (χ0n) is 15.1. The van der Waals surface area contributed by atoms with Crippen LogP contribution in [0.1, 0.15) is 24.5 Å². The van der Waals surface area contributed by atoms with E-state index in [-0.39, 0.29) is 24.0 Å². The second kappa shape index (κ2) is 12.8. The molecule has 0 aliphatic rings. The fourth-order valence-electron chi connectivity index (χ4n) is 2.42. The predicted molar refractivity (Wildman–Crippen MR) is 114 cm³/mol. The number of rotatable bonds is 9. The number of ether oxygens (including phenoxy) is 1. The number of aliphatic imine (C=N–C) groups is 1. The van der Waals surface area contributed by atoms with Crippen LogP contribution in [0.25, 0.3) is 0 Å². The van der Waals surface area contributed by atoms with Crippen molar-refractivity contribution in [3.63, 3.8) is 0 Å². The Hall–Kier alpha value is -1.54. The van der Waals surface area contributed by atoms with Gasteiger partial charge in [-0.05, 0) is 29.7 Å². The molecule has 0 fully saturated rings. The van der Waals surface area contributed by atoms with Crippen molar-refractivity contribution in [3.05, 3.63) is 59.9 Å². The molecule has 0 aliphatic heterocycles. The number of guanidine groups is 1. The maximum absolute atomic E-state index is 5.67. The summed E-state index contributed by atoms with van der Waals surface area (Å²) < 4.78 is 7.81. The van der Waals surface area contributed by atoms with Crippen LogP contribution >= 0.6 is 24.0 Å². The van der Waals surface area contributed by atoms with E-state index < -0.39 is 0 Å². The first-order valence-electron chi connectivity index (χ1n) is 8.53. The highest BCUT2D eigenvalue weighted by Gasteiger charge is 2.03. The largest absolute Gasteiger partial charge is 0.377 e. The highest BCUT2D eigenvalue weighted by atomic mass is 127. The summed E-state index contributed by atoms with van der Waals surface area (Å²) in [5.74, 6) is 0.812. The van der Waals surface area contributed by atoms with Crippen molar-refractivity contribution in [3.8, 4) is 0 Å². The van der Waals surface area contributed by atoms with E-state index in [0.29, 0.717) is 6.61 Å². The molecule has 5 nitrogen and oxygen atoms in total. The second-order valence-electron chi connectivity index (χ2n) is 5.59. The molecule has 0 unspecified atom stereocenters. The van der Waals surface area contributed by atoms with Gasteiger partial charge >= 0.3 is 0 Å². The molecular weight excluding hydrogens is 427 g/mol. The highest BCUT2D eigenvalue weighted by Crippen LogP contribution is 2.10. The summed E-state index contributed by atoms with van der Waals surface area (Å²) in [5.41, 5.74) is 2.46. The van der Waals surface area contributed by atoms with Gasteiger partial charge in [-0.2, -0.15) is 0 Å². The SMILES string of the molecule is CCCOCc1ccccc1CNC(=NC)NCCn1cccc1.I. The molecule has 0 spiro atoms. The first kappa shape index (κ1) is 21.5. The first-order chi connectivity index (χ1) is 11.8. The number of halogens is 1. The lowest BCUT2D eigenvalue weighted by molar-refractivity contribution is 0.121. The molecular formula is C19H29IN4O. The summed E-state index contributed by atoms with van der Waals surface area (Å²) in [4.78, 5) is 4.28. The Bertz CT molecular complexity index is 614. The molecule has 2 N–H and O–H groups in total. The minimum atomic E-state index is 0. The lowest BCUT2D eigenvalue weighted by Crippen LogP contribution is -2.38. The van der Waals surface area contributed by atoms with Crippen molar-refractivity contribution in [2.45, 2.75) is 33.0 Å². The van der Waals surface area contributed by atoms with Crippen LogP contribution < -0.4 is 10.6 Å². The third-order valence-corrected chi connectivity index (χ3v) is 3.72. The van der Waals surface area contributed by atoms with E-state index in [1.165, 1.54) is 11.1 Å². The van der Waals surface area contributed by atoms with Gasteiger partial charge in [-0.3, -0.25) is 4.99 Å². The second-order valence-corrected chi connectivity index (χ2v) is 5.59. The van der Waals surface area contributed by atoms with Gasteiger partial charge in [0, 0.05) is 45.7 Å². The molecule has 138 valence electrons. The molecule has 2 aromatic rings. The topological polar surface area (TPSA) is 50.6 Å². The number of nitrogens with zero attached hydrogens (tertiary/aromatic N) is 2. The van der Waals surface area contributed by atoms with Crippen LogP contribution in [0.2, 0.25) is 0 Å². The summed E-state index contributed by atoms with van der Waals surface area (Å²) in [7, 11) is 1.79. The third kappa shape index (κ3) is 7.92. The molecule has 0 saturated carbocycles. The van der Waals surface area contributed by atoms with Crippen molar-refractivity contribution in [2.75, 3.05) is 20.2 Å². The highest BCUT2D eigenvalue weighted by molar-refractivity contribution is 14.0. The molecule has 0 atom stereocenters. The van der Waals surface area contributed by atoms with Gasteiger partial charge in [-0.1, -0.05) is 31.2 Å². The molecule has 6 heteroatoms. The fraction of sp³-hybridized carbons (Fsp3) is 0.421. The summed E-state index contributed by atoms with van der Waals surface area (Å²) >= 11 is 0. The van der Waals surface area contributed by atoms with Crippen LogP contribution in [0.3, 0.4) is 0 Å². The van der Waals surface area contributed by atoms with Crippen LogP contribution in [-0.4, -0.2) is 30.7 Å². The average Bonchev–Trinajstić information content (AvgIpc) is 3.12. The Balaban J connectivity index is 0.00000312. The number of hydrogen-bond acceptors (Lipinski definition) is 2. The molecule has 0 bridgehead atoms. The smallest absolute Gasteiger partial charge is 0.191 e. The normalized spacial score (nSPS) is 11.0. The monoisotopic (exact) mass is 456 g/mol. The van der Waals surface area contributed by atoms with E-state index in [9.17, 15) is 0 Å². The molecule has 0 radical (unpaired) electrons. The molecule has 0 amide bonds. The number of hydrogen-bond donors (Lipinski definition) is 2. The van der Waals surface area contributed by atoms with Gasteiger partial charge in [-0.25, -0.2) is 0 Å². The van der Waals surface area contributed by atoms with E-state index in [4.69, 9.17) is 4.74 Å².